The van der Waals surface area contributed by atoms with Crippen LogP contribution in [0.2, 0.25) is 0 Å². The van der Waals surface area contributed by atoms with Crippen molar-refractivity contribution in [3.8, 4) is 5.75 Å². The van der Waals surface area contributed by atoms with Gasteiger partial charge in [0.05, 0.1) is 9.79 Å². The third kappa shape index (κ3) is 4.51. The van der Waals surface area contributed by atoms with Crippen LogP contribution in [0.4, 0.5) is 5.69 Å². The first kappa shape index (κ1) is 22.9. The van der Waals surface area contributed by atoms with Gasteiger partial charge in [-0.05, 0) is 11.2 Å². The summed E-state index contributed by atoms with van der Waals surface area (Å²) in [7, 11) is -10.3. The molecule has 0 atom stereocenters. The number of aromatic hydroxyl groups is 1. The smallest absolute Gasteiger partial charge is 0.744 e. The van der Waals surface area contributed by atoms with Crippen molar-refractivity contribution in [2.45, 2.75) is 9.79 Å². The number of hydrogen-bond acceptors (Lipinski definition) is 9. The zero-order valence-corrected chi connectivity index (χ0v) is 17.5. The van der Waals surface area contributed by atoms with Crippen LogP contribution in [0.1, 0.15) is 0 Å². The number of phenols is 1. The van der Waals surface area contributed by atoms with E-state index in [9.17, 15) is 36.0 Å². The maximum atomic E-state index is 11.2. The first-order valence-corrected chi connectivity index (χ1v) is 7.93. The second kappa shape index (κ2) is 7.87. The van der Waals surface area contributed by atoms with Crippen LogP contribution in [0.3, 0.4) is 0 Å². The van der Waals surface area contributed by atoms with E-state index in [1.54, 1.807) is 0 Å². The number of hydrogen-bond donors (Lipinski definition) is 1. The summed E-state index contributed by atoms with van der Waals surface area (Å²) < 4.78 is 67.2. The minimum absolute atomic E-state index is 0. The van der Waals surface area contributed by atoms with Gasteiger partial charge >= 0.3 is 59.1 Å². The summed E-state index contributed by atoms with van der Waals surface area (Å²) in [5.41, 5.74) is -0.678. The SMILES string of the molecule is O=Nc1c(O)cc(S(=O)(=O)[O-])c2c(S(=O)(=O)[O-])cccc12.[Na+].[Na+]. The molecule has 9 nitrogen and oxygen atoms in total. The van der Waals surface area contributed by atoms with Crippen molar-refractivity contribution in [2.24, 2.45) is 5.18 Å². The Morgan fingerprint density at radius 3 is 1.91 bits per heavy atom. The fraction of sp³-hybridized carbons (Fsp3) is 0. The molecule has 0 aliphatic carbocycles. The quantitative estimate of drug-likeness (QED) is 0.315. The molecule has 0 aliphatic rings. The molecular formula is C10H5NNa2O8S2. The van der Waals surface area contributed by atoms with E-state index in [2.05, 4.69) is 5.18 Å². The van der Waals surface area contributed by atoms with Crippen molar-refractivity contribution in [1.82, 2.24) is 0 Å². The summed E-state index contributed by atoms with van der Waals surface area (Å²) in [6, 6.07) is 3.26. The molecule has 0 spiro atoms. The Bertz CT molecular complexity index is 972. The van der Waals surface area contributed by atoms with Gasteiger partial charge in [0.2, 0.25) is 0 Å². The molecule has 0 bridgehead atoms. The van der Waals surface area contributed by atoms with Gasteiger partial charge in [-0.3, -0.25) is 0 Å². The normalized spacial score (nSPS) is 11.4. The predicted octanol–water partition coefficient (Wildman–Crippen LogP) is -5.24. The summed E-state index contributed by atoms with van der Waals surface area (Å²) in [6.45, 7) is 0. The van der Waals surface area contributed by atoms with Crippen molar-refractivity contribution in [3.05, 3.63) is 29.2 Å². The van der Waals surface area contributed by atoms with Gasteiger partial charge in [0.15, 0.2) is 5.69 Å². The molecule has 2 aromatic carbocycles. The number of phenolic OH excluding ortho intramolecular Hbond substituents is 1. The molecule has 23 heavy (non-hydrogen) atoms. The molecule has 2 aromatic rings. The van der Waals surface area contributed by atoms with Gasteiger partial charge in [0, 0.05) is 16.8 Å². The summed E-state index contributed by atoms with van der Waals surface area (Å²) in [5, 5.41) is 10.8. The van der Waals surface area contributed by atoms with Gasteiger partial charge in [0.25, 0.3) is 0 Å². The first-order chi connectivity index (χ1) is 9.57. The van der Waals surface area contributed by atoms with Gasteiger partial charge < -0.3 is 14.2 Å². The van der Waals surface area contributed by atoms with Gasteiger partial charge in [-0.15, -0.1) is 4.91 Å². The van der Waals surface area contributed by atoms with E-state index in [1.807, 2.05) is 0 Å². The van der Waals surface area contributed by atoms with Gasteiger partial charge in [0.1, 0.15) is 26.0 Å². The second-order valence-corrected chi connectivity index (χ2v) is 6.62. The van der Waals surface area contributed by atoms with Crippen molar-refractivity contribution in [3.63, 3.8) is 0 Å². The van der Waals surface area contributed by atoms with Crippen LogP contribution in [-0.2, 0) is 20.2 Å². The third-order valence-corrected chi connectivity index (χ3v) is 4.41. The predicted molar refractivity (Wildman–Crippen MR) is 67.0 cm³/mol. The molecular weight excluding hydrogens is 372 g/mol. The van der Waals surface area contributed by atoms with Crippen LogP contribution in [0, 0.1) is 4.91 Å². The Morgan fingerprint density at radius 1 is 0.957 bits per heavy atom. The Hall–Kier alpha value is -0.0800. The molecule has 0 aromatic heterocycles. The summed E-state index contributed by atoms with van der Waals surface area (Å²) in [5.74, 6) is -0.924. The minimum Gasteiger partial charge on any atom is -0.744 e. The van der Waals surface area contributed by atoms with Crippen LogP contribution in [-0.4, -0.2) is 31.0 Å². The van der Waals surface area contributed by atoms with Crippen molar-refractivity contribution >= 4 is 36.7 Å². The average molecular weight is 377 g/mol. The van der Waals surface area contributed by atoms with E-state index in [-0.39, 0.29) is 59.1 Å². The number of fused-ring (bicyclic) bond motifs is 1. The average Bonchev–Trinajstić information content (AvgIpc) is 2.34. The molecule has 0 unspecified atom stereocenters. The monoisotopic (exact) mass is 377 g/mol. The molecule has 0 aliphatic heterocycles. The largest absolute Gasteiger partial charge is 1.00 e. The van der Waals surface area contributed by atoms with Crippen LogP contribution in [0.15, 0.2) is 39.2 Å². The second-order valence-electron chi connectivity index (χ2n) is 3.92. The minimum atomic E-state index is -5.22. The zero-order chi connectivity index (χ0) is 16.0. The molecule has 2 rings (SSSR count). The topological polar surface area (TPSA) is 164 Å². The fourth-order valence-corrected chi connectivity index (χ4v) is 3.39. The molecule has 1 N–H and O–H groups in total. The summed E-state index contributed by atoms with van der Waals surface area (Å²) in [4.78, 5) is 8.57. The van der Waals surface area contributed by atoms with Crippen LogP contribution >= 0.6 is 0 Å². The Labute approximate surface area is 175 Å². The van der Waals surface area contributed by atoms with E-state index in [4.69, 9.17) is 0 Å². The van der Waals surface area contributed by atoms with Gasteiger partial charge in [-0.25, -0.2) is 16.8 Å². The van der Waals surface area contributed by atoms with E-state index in [1.165, 1.54) is 0 Å². The van der Waals surface area contributed by atoms with Crippen molar-refractivity contribution in [2.75, 3.05) is 0 Å². The van der Waals surface area contributed by atoms with Crippen LogP contribution < -0.4 is 59.1 Å². The van der Waals surface area contributed by atoms with Crippen LogP contribution in [0.25, 0.3) is 10.8 Å². The third-order valence-electron chi connectivity index (χ3n) is 2.67. The molecule has 0 saturated heterocycles. The van der Waals surface area contributed by atoms with E-state index < -0.39 is 52.2 Å². The molecule has 0 amide bonds. The number of rotatable bonds is 3. The standard InChI is InChI=1S/C10H7NO8S2.2Na/c12-6-4-8(21(17,18)19)9-5(10(6)11-13)2-1-3-7(9)20(14,15)16;;/h1-4,12H,(H,14,15,16)(H,17,18,19);;/q;2*+1/p-2. The zero-order valence-electron chi connectivity index (χ0n) is 11.9. The molecule has 0 fully saturated rings. The maximum Gasteiger partial charge on any atom is 1.00 e. The van der Waals surface area contributed by atoms with E-state index >= 15 is 0 Å². The Balaban J connectivity index is 0.00000242. The van der Waals surface area contributed by atoms with Gasteiger partial charge in [-0.1, -0.05) is 12.1 Å². The fourth-order valence-electron chi connectivity index (χ4n) is 1.89. The van der Waals surface area contributed by atoms with E-state index in [0.29, 0.717) is 6.07 Å². The summed E-state index contributed by atoms with van der Waals surface area (Å²) in [6.07, 6.45) is 0. The molecule has 0 heterocycles. The van der Waals surface area contributed by atoms with Crippen molar-refractivity contribution < 1.29 is 90.2 Å². The number of nitroso groups, excluding NO2 is 1. The molecule has 0 saturated carbocycles. The summed E-state index contributed by atoms with van der Waals surface area (Å²) >= 11 is 0. The molecule has 13 heteroatoms. The molecule has 0 radical (unpaired) electrons. The molecule has 112 valence electrons. The van der Waals surface area contributed by atoms with E-state index in [0.717, 1.165) is 18.2 Å². The number of nitrogens with zero attached hydrogens (tertiary/aromatic N) is 1. The first-order valence-electron chi connectivity index (χ1n) is 5.11. The number of benzene rings is 2. The van der Waals surface area contributed by atoms with Crippen molar-refractivity contribution in [1.29, 1.82) is 0 Å². The maximum absolute atomic E-state index is 11.2. The van der Waals surface area contributed by atoms with Gasteiger partial charge in [-0.2, -0.15) is 0 Å². The Morgan fingerprint density at radius 2 is 1.48 bits per heavy atom. The Kier molecular flexibility index (Phi) is 7.84. The van der Waals surface area contributed by atoms with Crippen LogP contribution in [0.5, 0.6) is 5.75 Å².